The van der Waals surface area contributed by atoms with Gasteiger partial charge in [0.1, 0.15) is 0 Å². The molecule has 1 unspecified atom stereocenters. The maximum Gasteiger partial charge on any atom is 0.416 e. The highest BCUT2D eigenvalue weighted by molar-refractivity contribution is 5.79. The van der Waals surface area contributed by atoms with Gasteiger partial charge in [0.25, 0.3) is 0 Å². The lowest BCUT2D eigenvalue weighted by Gasteiger charge is -2.34. The van der Waals surface area contributed by atoms with Gasteiger partial charge in [-0.25, -0.2) is 0 Å². The highest BCUT2D eigenvalue weighted by Crippen LogP contribution is 2.29. The SMILES string of the molecule is CCC(C)NC(=O)CN1CCN(C(=O)Cc2ccc(C(F)(F)F)cc2)CC1. The van der Waals surface area contributed by atoms with E-state index in [4.69, 9.17) is 0 Å². The molecule has 27 heavy (non-hydrogen) atoms. The summed E-state index contributed by atoms with van der Waals surface area (Å²) < 4.78 is 37.7. The van der Waals surface area contributed by atoms with Crippen LogP contribution in [0.25, 0.3) is 0 Å². The molecule has 0 aromatic heterocycles. The molecule has 150 valence electrons. The number of nitrogens with zero attached hydrogens (tertiary/aromatic N) is 2. The van der Waals surface area contributed by atoms with E-state index in [1.165, 1.54) is 12.1 Å². The summed E-state index contributed by atoms with van der Waals surface area (Å²) in [5.41, 5.74) is -0.161. The predicted molar refractivity (Wildman–Crippen MR) is 96.1 cm³/mol. The third kappa shape index (κ3) is 6.53. The second kappa shape index (κ2) is 9.21. The van der Waals surface area contributed by atoms with Crippen LogP contribution in [0.4, 0.5) is 13.2 Å². The van der Waals surface area contributed by atoms with Crippen molar-refractivity contribution in [1.29, 1.82) is 0 Å². The molecule has 1 saturated heterocycles. The topological polar surface area (TPSA) is 52.7 Å². The Balaban J connectivity index is 1.78. The number of alkyl halides is 3. The monoisotopic (exact) mass is 385 g/mol. The Labute approximate surface area is 157 Å². The molecule has 0 spiro atoms. The molecule has 8 heteroatoms. The van der Waals surface area contributed by atoms with E-state index in [1.807, 2.05) is 18.7 Å². The summed E-state index contributed by atoms with van der Waals surface area (Å²) in [5.74, 6) is -0.132. The molecule has 2 rings (SSSR count). The van der Waals surface area contributed by atoms with E-state index in [0.29, 0.717) is 38.3 Å². The van der Waals surface area contributed by atoms with E-state index in [9.17, 15) is 22.8 Å². The third-order valence-electron chi connectivity index (χ3n) is 4.75. The predicted octanol–water partition coefficient (Wildman–Crippen LogP) is 2.31. The number of carbonyl (C=O) groups excluding carboxylic acids is 2. The van der Waals surface area contributed by atoms with Gasteiger partial charge in [-0.05, 0) is 31.0 Å². The van der Waals surface area contributed by atoms with Crippen LogP contribution in [0, 0.1) is 0 Å². The van der Waals surface area contributed by atoms with Crippen molar-refractivity contribution >= 4 is 11.8 Å². The van der Waals surface area contributed by atoms with Crippen LogP contribution in [0.3, 0.4) is 0 Å². The quantitative estimate of drug-likeness (QED) is 0.818. The van der Waals surface area contributed by atoms with Gasteiger partial charge in [-0.15, -0.1) is 0 Å². The molecule has 5 nitrogen and oxygen atoms in total. The average molecular weight is 385 g/mol. The number of hydrogen-bond acceptors (Lipinski definition) is 3. The fourth-order valence-electron chi connectivity index (χ4n) is 2.88. The first-order valence-corrected chi connectivity index (χ1v) is 9.14. The largest absolute Gasteiger partial charge is 0.416 e. The van der Waals surface area contributed by atoms with Crippen LogP contribution in [0.15, 0.2) is 24.3 Å². The maximum absolute atomic E-state index is 12.6. The van der Waals surface area contributed by atoms with Crippen molar-refractivity contribution in [3.63, 3.8) is 0 Å². The molecule has 1 aliphatic heterocycles. The van der Waals surface area contributed by atoms with Crippen LogP contribution >= 0.6 is 0 Å². The number of benzene rings is 1. The molecule has 1 aromatic carbocycles. The first-order chi connectivity index (χ1) is 12.7. The average Bonchev–Trinajstić information content (AvgIpc) is 2.61. The summed E-state index contributed by atoms with van der Waals surface area (Å²) in [5, 5.41) is 2.92. The second-order valence-corrected chi connectivity index (χ2v) is 6.91. The molecule has 2 amide bonds. The lowest BCUT2D eigenvalue weighted by atomic mass is 10.1. The van der Waals surface area contributed by atoms with Crippen molar-refractivity contribution in [1.82, 2.24) is 15.1 Å². The van der Waals surface area contributed by atoms with E-state index in [0.717, 1.165) is 18.6 Å². The lowest BCUT2D eigenvalue weighted by Crippen LogP contribution is -2.52. The summed E-state index contributed by atoms with van der Waals surface area (Å²) in [6.07, 6.45) is -3.43. The van der Waals surface area contributed by atoms with Crippen molar-refractivity contribution in [2.75, 3.05) is 32.7 Å². The van der Waals surface area contributed by atoms with E-state index >= 15 is 0 Å². The molecule has 1 aliphatic rings. The Kier molecular flexibility index (Phi) is 7.24. The van der Waals surface area contributed by atoms with Gasteiger partial charge in [-0.3, -0.25) is 14.5 Å². The number of nitrogens with one attached hydrogen (secondary N) is 1. The highest BCUT2D eigenvalue weighted by atomic mass is 19.4. The number of hydrogen-bond donors (Lipinski definition) is 1. The number of piperazine rings is 1. The molecule has 1 aromatic rings. The Morgan fingerprint density at radius 1 is 1.11 bits per heavy atom. The second-order valence-electron chi connectivity index (χ2n) is 6.91. The zero-order valence-corrected chi connectivity index (χ0v) is 15.7. The summed E-state index contributed by atoms with van der Waals surface area (Å²) in [4.78, 5) is 28.0. The van der Waals surface area contributed by atoms with Crippen molar-refractivity contribution in [3.8, 4) is 0 Å². The number of halogens is 3. The van der Waals surface area contributed by atoms with Crippen LogP contribution in [-0.2, 0) is 22.2 Å². The standard InChI is InChI=1S/C19H26F3N3O2/c1-3-14(2)23-17(26)13-24-8-10-25(11-9-24)18(27)12-15-4-6-16(7-5-15)19(20,21)22/h4-7,14H,3,8-13H2,1-2H3,(H,23,26). The highest BCUT2D eigenvalue weighted by Gasteiger charge is 2.30. The van der Waals surface area contributed by atoms with Crippen molar-refractivity contribution < 1.29 is 22.8 Å². The molecular formula is C19H26F3N3O2. The molecule has 0 bridgehead atoms. The van der Waals surface area contributed by atoms with Crippen LogP contribution in [-0.4, -0.2) is 60.4 Å². The minimum absolute atomic E-state index is 0.0196. The number of amides is 2. The summed E-state index contributed by atoms with van der Waals surface area (Å²) in [7, 11) is 0. The molecule has 0 aliphatic carbocycles. The van der Waals surface area contributed by atoms with Gasteiger partial charge in [0.15, 0.2) is 0 Å². The van der Waals surface area contributed by atoms with Gasteiger partial charge in [-0.2, -0.15) is 13.2 Å². The summed E-state index contributed by atoms with van der Waals surface area (Å²) in [6, 6.07) is 4.82. The van der Waals surface area contributed by atoms with Gasteiger partial charge in [-0.1, -0.05) is 19.1 Å². The summed E-state index contributed by atoms with van der Waals surface area (Å²) >= 11 is 0. The smallest absolute Gasteiger partial charge is 0.353 e. The van der Waals surface area contributed by atoms with Gasteiger partial charge in [0, 0.05) is 32.2 Å². The fraction of sp³-hybridized carbons (Fsp3) is 0.579. The fourth-order valence-corrected chi connectivity index (χ4v) is 2.88. The molecule has 1 atom stereocenters. The molecule has 1 N–H and O–H groups in total. The van der Waals surface area contributed by atoms with Crippen molar-refractivity contribution in [3.05, 3.63) is 35.4 Å². The summed E-state index contributed by atoms with van der Waals surface area (Å²) in [6.45, 7) is 6.50. The van der Waals surface area contributed by atoms with Gasteiger partial charge >= 0.3 is 6.18 Å². The minimum Gasteiger partial charge on any atom is -0.353 e. The third-order valence-corrected chi connectivity index (χ3v) is 4.75. The Hall–Kier alpha value is -2.09. The van der Waals surface area contributed by atoms with Crippen LogP contribution in [0.1, 0.15) is 31.4 Å². The zero-order chi connectivity index (χ0) is 20.0. The Bertz CT molecular complexity index is 639. The van der Waals surface area contributed by atoms with E-state index in [1.54, 1.807) is 4.90 Å². The Morgan fingerprint density at radius 2 is 1.70 bits per heavy atom. The van der Waals surface area contributed by atoms with E-state index in [-0.39, 0.29) is 24.3 Å². The van der Waals surface area contributed by atoms with Crippen molar-refractivity contribution in [2.45, 2.75) is 38.9 Å². The minimum atomic E-state index is -4.37. The van der Waals surface area contributed by atoms with Gasteiger partial charge in [0.2, 0.25) is 11.8 Å². The Morgan fingerprint density at radius 3 is 2.22 bits per heavy atom. The molecule has 1 fully saturated rings. The first kappa shape index (κ1) is 21.2. The zero-order valence-electron chi connectivity index (χ0n) is 15.7. The molecule has 0 radical (unpaired) electrons. The van der Waals surface area contributed by atoms with Gasteiger partial charge < -0.3 is 10.2 Å². The van der Waals surface area contributed by atoms with Crippen LogP contribution in [0.2, 0.25) is 0 Å². The van der Waals surface area contributed by atoms with Crippen LogP contribution < -0.4 is 5.32 Å². The lowest BCUT2D eigenvalue weighted by molar-refractivity contribution is -0.137. The van der Waals surface area contributed by atoms with E-state index < -0.39 is 11.7 Å². The normalized spacial score (nSPS) is 16.9. The molecule has 0 saturated carbocycles. The molecular weight excluding hydrogens is 359 g/mol. The van der Waals surface area contributed by atoms with Crippen LogP contribution in [0.5, 0.6) is 0 Å². The number of carbonyl (C=O) groups is 2. The van der Waals surface area contributed by atoms with E-state index in [2.05, 4.69) is 5.32 Å². The maximum atomic E-state index is 12.6. The number of rotatable bonds is 6. The van der Waals surface area contributed by atoms with Gasteiger partial charge in [0.05, 0.1) is 18.5 Å². The molecule has 1 heterocycles. The first-order valence-electron chi connectivity index (χ1n) is 9.14. The van der Waals surface area contributed by atoms with Crippen molar-refractivity contribution in [2.24, 2.45) is 0 Å².